The number of halogens is 1. The van der Waals surface area contributed by atoms with E-state index in [1.807, 2.05) is 0 Å². The van der Waals surface area contributed by atoms with E-state index in [1.54, 1.807) is 31.2 Å². The zero-order valence-electron chi connectivity index (χ0n) is 14.0. The molecule has 3 rings (SSSR count). The van der Waals surface area contributed by atoms with Crippen molar-refractivity contribution < 1.29 is 23.9 Å². The number of amides is 1. The van der Waals surface area contributed by atoms with Crippen molar-refractivity contribution in [3.05, 3.63) is 45.9 Å². The lowest BCUT2D eigenvalue weighted by Crippen LogP contribution is -2.59. The normalized spacial score (nSPS) is 21.3. The van der Waals surface area contributed by atoms with Crippen molar-refractivity contribution in [2.24, 2.45) is 0 Å². The quantitative estimate of drug-likeness (QED) is 0.561. The standard InChI is InChI=1S/C18H16BrNO5S/c1-2-25-17(24)18(20-12(21)7-8-19)9-26-16-13(18)14(22)10-5-3-4-6-11(10)15(16)23/h3-6H,2,7-9H2,1H3,(H,20,21). The minimum Gasteiger partial charge on any atom is -0.464 e. The van der Waals surface area contributed by atoms with Gasteiger partial charge in [0.1, 0.15) is 0 Å². The molecule has 26 heavy (non-hydrogen) atoms. The van der Waals surface area contributed by atoms with E-state index in [0.717, 1.165) is 11.8 Å². The van der Waals surface area contributed by atoms with Crippen LogP contribution < -0.4 is 5.32 Å². The van der Waals surface area contributed by atoms with Gasteiger partial charge in [-0.1, -0.05) is 40.2 Å². The Balaban J connectivity index is 2.13. The van der Waals surface area contributed by atoms with Crippen molar-refractivity contribution in [1.29, 1.82) is 0 Å². The van der Waals surface area contributed by atoms with Gasteiger partial charge in [-0.3, -0.25) is 14.4 Å². The Morgan fingerprint density at radius 1 is 1.23 bits per heavy atom. The van der Waals surface area contributed by atoms with E-state index in [9.17, 15) is 19.2 Å². The zero-order chi connectivity index (χ0) is 18.9. The largest absolute Gasteiger partial charge is 0.464 e. The fraction of sp³-hybridized carbons (Fsp3) is 0.333. The topological polar surface area (TPSA) is 89.5 Å². The number of allylic oxidation sites excluding steroid dienone is 1. The Labute approximate surface area is 162 Å². The molecule has 0 bridgehead atoms. The number of ether oxygens (including phenoxy) is 1. The second kappa shape index (κ2) is 7.36. The number of rotatable bonds is 5. The number of hydrogen-bond donors (Lipinski definition) is 1. The molecule has 8 heteroatoms. The van der Waals surface area contributed by atoms with Crippen LogP contribution in [0.5, 0.6) is 0 Å². The Morgan fingerprint density at radius 2 is 1.88 bits per heavy atom. The Kier molecular flexibility index (Phi) is 5.34. The van der Waals surface area contributed by atoms with Gasteiger partial charge in [-0.05, 0) is 6.92 Å². The first kappa shape index (κ1) is 18.8. The van der Waals surface area contributed by atoms with E-state index in [1.165, 1.54) is 0 Å². The summed E-state index contributed by atoms with van der Waals surface area (Å²) in [5, 5.41) is 3.07. The van der Waals surface area contributed by atoms with Crippen molar-refractivity contribution in [2.75, 3.05) is 17.7 Å². The third-order valence-corrected chi connectivity index (χ3v) is 5.89. The van der Waals surface area contributed by atoms with Gasteiger partial charge in [0.05, 0.1) is 17.1 Å². The number of nitrogens with one attached hydrogen (secondary N) is 1. The summed E-state index contributed by atoms with van der Waals surface area (Å²) in [5.74, 6) is -1.80. The van der Waals surface area contributed by atoms with Gasteiger partial charge in [-0.15, -0.1) is 11.8 Å². The molecule has 0 aromatic heterocycles. The number of carbonyl (C=O) groups is 4. The molecule has 1 aromatic rings. The highest BCUT2D eigenvalue weighted by molar-refractivity contribution is 9.09. The van der Waals surface area contributed by atoms with Crippen LogP contribution >= 0.6 is 27.7 Å². The second-order valence-electron chi connectivity index (χ2n) is 5.81. The number of carbonyl (C=O) groups excluding carboxylic acids is 4. The van der Waals surface area contributed by atoms with Crippen LogP contribution in [0, 0.1) is 0 Å². The molecule has 1 N–H and O–H groups in total. The minimum atomic E-state index is -1.64. The second-order valence-corrected chi connectivity index (χ2v) is 7.59. The van der Waals surface area contributed by atoms with Gasteiger partial charge in [0.25, 0.3) is 0 Å². The molecule has 1 heterocycles. The average Bonchev–Trinajstić information content (AvgIpc) is 3.01. The summed E-state index contributed by atoms with van der Waals surface area (Å²) in [7, 11) is 0. The zero-order valence-corrected chi connectivity index (χ0v) is 16.4. The highest BCUT2D eigenvalue weighted by atomic mass is 79.9. The number of hydrogen-bond acceptors (Lipinski definition) is 6. The van der Waals surface area contributed by atoms with Crippen LogP contribution in [0.4, 0.5) is 0 Å². The lowest BCUT2D eigenvalue weighted by molar-refractivity contribution is -0.150. The Bertz CT molecular complexity index is 850. The first-order valence-corrected chi connectivity index (χ1v) is 10.2. The third-order valence-electron chi connectivity index (χ3n) is 4.23. The molecule has 0 saturated carbocycles. The van der Waals surface area contributed by atoms with Gasteiger partial charge in [-0.2, -0.15) is 0 Å². The molecule has 1 aliphatic carbocycles. The number of benzene rings is 1. The van der Waals surface area contributed by atoms with E-state index in [-0.39, 0.29) is 40.6 Å². The van der Waals surface area contributed by atoms with Crippen LogP contribution in [0.2, 0.25) is 0 Å². The van der Waals surface area contributed by atoms with Crippen molar-refractivity contribution in [3.63, 3.8) is 0 Å². The highest BCUT2D eigenvalue weighted by Gasteiger charge is 2.56. The van der Waals surface area contributed by atoms with E-state index in [4.69, 9.17) is 4.74 Å². The summed E-state index contributed by atoms with van der Waals surface area (Å²) >= 11 is 4.29. The summed E-state index contributed by atoms with van der Waals surface area (Å²) in [6.07, 6.45) is 0.132. The number of ketones is 2. The highest BCUT2D eigenvalue weighted by Crippen LogP contribution is 2.46. The van der Waals surface area contributed by atoms with Crippen LogP contribution in [-0.4, -0.2) is 46.7 Å². The maximum absolute atomic E-state index is 13.1. The smallest absolute Gasteiger partial charge is 0.337 e. The Hall–Kier alpha value is -1.93. The maximum Gasteiger partial charge on any atom is 0.337 e. The summed E-state index contributed by atoms with van der Waals surface area (Å²) in [6.45, 7) is 1.74. The monoisotopic (exact) mass is 437 g/mol. The predicted molar refractivity (Wildman–Crippen MR) is 101 cm³/mol. The van der Waals surface area contributed by atoms with Gasteiger partial charge in [0.15, 0.2) is 11.3 Å². The summed E-state index contributed by atoms with van der Waals surface area (Å²) in [5.41, 5.74) is -1.07. The molecule has 0 saturated heterocycles. The van der Waals surface area contributed by atoms with Gasteiger partial charge in [-0.25, -0.2) is 4.79 Å². The van der Waals surface area contributed by atoms with Crippen molar-refractivity contribution in [2.45, 2.75) is 18.9 Å². The molecular weight excluding hydrogens is 422 g/mol. The molecule has 0 spiro atoms. The van der Waals surface area contributed by atoms with Crippen molar-refractivity contribution in [1.82, 2.24) is 5.32 Å². The number of Topliss-reactive ketones (excluding diaryl/α,β-unsaturated/α-hetero) is 2. The maximum atomic E-state index is 13.1. The van der Waals surface area contributed by atoms with E-state index >= 15 is 0 Å². The van der Waals surface area contributed by atoms with E-state index in [0.29, 0.717) is 10.9 Å². The molecule has 0 radical (unpaired) electrons. The molecule has 6 nitrogen and oxygen atoms in total. The van der Waals surface area contributed by atoms with E-state index in [2.05, 4.69) is 21.2 Å². The lowest BCUT2D eigenvalue weighted by atomic mass is 9.79. The SMILES string of the molecule is CCOC(=O)C1(NC(=O)CCBr)CSC2=C1C(=O)c1ccccc1C2=O. The van der Waals surface area contributed by atoms with Crippen LogP contribution in [0.25, 0.3) is 0 Å². The number of fused-ring (bicyclic) bond motifs is 1. The number of esters is 1. The fourth-order valence-electron chi connectivity index (χ4n) is 3.08. The van der Waals surface area contributed by atoms with Crippen LogP contribution in [0.1, 0.15) is 34.1 Å². The Morgan fingerprint density at radius 3 is 2.50 bits per heavy atom. The van der Waals surface area contributed by atoms with Crippen molar-refractivity contribution >= 4 is 51.1 Å². The number of thioether (sulfide) groups is 1. The predicted octanol–water partition coefficient (Wildman–Crippen LogP) is 2.27. The molecule has 1 unspecified atom stereocenters. The molecule has 1 aliphatic heterocycles. The summed E-state index contributed by atoms with van der Waals surface area (Å²) < 4.78 is 5.15. The van der Waals surface area contributed by atoms with Crippen LogP contribution in [0.15, 0.2) is 34.7 Å². The van der Waals surface area contributed by atoms with Crippen molar-refractivity contribution in [3.8, 4) is 0 Å². The number of alkyl halides is 1. The summed E-state index contributed by atoms with van der Waals surface area (Å²) in [6, 6.07) is 6.49. The summed E-state index contributed by atoms with van der Waals surface area (Å²) in [4.78, 5) is 51.2. The van der Waals surface area contributed by atoms with Gasteiger partial charge >= 0.3 is 5.97 Å². The molecule has 0 fully saturated rings. The van der Waals surface area contributed by atoms with Gasteiger partial charge < -0.3 is 10.1 Å². The molecule has 2 aliphatic rings. The fourth-order valence-corrected chi connectivity index (χ4v) is 4.79. The van der Waals surface area contributed by atoms with Crippen LogP contribution in [0.3, 0.4) is 0 Å². The van der Waals surface area contributed by atoms with Crippen LogP contribution in [-0.2, 0) is 14.3 Å². The molecule has 136 valence electrons. The molecule has 1 amide bonds. The first-order chi connectivity index (χ1) is 12.5. The molecular formula is C18H16BrNO5S. The lowest BCUT2D eigenvalue weighted by Gasteiger charge is -2.31. The van der Waals surface area contributed by atoms with Gasteiger partial charge in [0.2, 0.25) is 11.7 Å². The first-order valence-electron chi connectivity index (χ1n) is 8.06. The third kappa shape index (κ3) is 2.91. The molecule has 1 aromatic carbocycles. The average molecular weight is 438 g/mol. The molecule has 1 atom stereocenters. The van der Waals surface area contributed by atoms with E-state index < -0.39 is 23.2 Å². The minimum absolute atomic E-state index is 0.0209. The van der Waals surface area contributed by atoms with Gasteiger partial charge in [0, 0.05) is 28.6 Å².